The number of anilines is 1. The van der Waals surface area contributed by atoms with Crippen LogP contribution in [-0.4, -0.2) is 66.8 Å². The second-order valence-electron chi connectivity index (χ2n) is 10.4. The molecule has 1 amide bonds. The van der Waals surface area contributed by atoms with Crippen LogP contribution < -0.4 is 10.5 Å². The Morgan fingerprint density at radius 3 is 2.44 bits per heavy atom. The topological polar surface area (TPSA) is 97.3 Å². The van der Waals surface area contributed by atoms with Gasteiger partial charge >= 0.3 is 6.09 Å². The molecule has 1 aliphatic heterocycles. The molecule has 1 fully saturated rings. The SMILES string of the molecule is Cc1cn2nc(-c3cc(=O)n4cc(N5CCN(C(=O)OC(C)(C)C)CC5)sc4n3)cc(C(C)C)c2n1. The Hall–Kier alpha value is -3.47. The highest BCUT2D eigenvalue weighted by Crippen LogP contribution is 2.29. The Balaban J connectivity index is 1.42. The van der Waals surface area contributed by atoms with Gasteiger partial charge in [-0.25, -0.2) is 19.3 Å². The highest BCUT2D eigenvalue weighted by Gasteiger charge is 2.27. The van der Waals surface area contributed by atoms with Gasteiger partial charge in [0.15, 0.2) is 10.6 Å². The number of piperazine rings is 1. The van der Waals surface area contributed by atoms with Crippen molar-refractivity contribution in [2.45, 2.75) is 53.1 Å². The standard InChI is InChI=1S/C25H31N7O3S/c1-15(2)17-11-19(28-32-13-16(3)26-22(17)32)18-12-20(33)31-14-21(36-23(31)27-18)29-7-9-30(10-8-29)24(34)35-25(4,5)6/h11-15H,7-10H2,1-6H3. The Labute approximate surface area is 213 Å². The number of ether oxygens (including phenoxy) is 1. The van der Waals surface area contributed by atoms with Crippen molar-refractivity contribution in [1.29, 1.82) is 0 Å². The molecule has 10 nitrogen and oxygen atoms in total. The maximum Gasteiger partial charge on any atom is 0.410 e. The zero-order chi connectivity index (χ0) is 25.8. The highest BCUT2D eigenvalue weighted by molar-refractivity contribution is 7.20. The normalized spacial score (nSPS) is 14.9. The van der Waals surface area contributed by atoms with Crippen LogP contribution in [0.4, 0.5) is 9.80 Å². The molecule has 0 spiro atoms. The van der Waals surface area contributed by atoms with Crippen molar-refractivity contribution in [2.75, 3.05) is 31.1 Å². The number of thiazole rings is 1. The molecule has 5 rings (SSSR count). The number of carbonyl (C=O) groups excluding carboxylic acids is 1. The molecular formula is C25H31N7O3S. The second kappa shape index (κ2) is 8.88. The second-order valence-corrected chi connectivity index (χ2v) is 11.4. The fourth-order valence-corrected chi connectivity index (χ4v) is 5.31. The van der Waals surface area contributed by atoms with Crippen molar-refractivity contribution in [3.63, 3.8) is 0 Å². The van der Waals surface area contributed by atoms with E-state index in [1.54, 1.807) is 13.8 Å². The Bertz CT molecular complexity index is 1500. The average Bonchev–Trinajstić information content (AvgIpc) is 3.40. The van der Waals surface area contributed by atoms with Gasteiger partial charge < -0.3 is 14.5 Å². The number of fused-ring (bicyclic) bond motifs is 2. The minimum absolute atomic E-state index is 0.153. The van der Waals surface area contributed by atoms with Crippen LogP contribution >= 0.6 is 11.3 Å². The highest BCUT2D eigenvalue weighted by atomic mass is 32.1. The van der Waals surface area contributed by atoms with E-state index in [9.17, 15) is 9.59 Å². The zero-order valence-electron chi connectivity index (χ0n) is 21.5. The number of hydrogen-bond donors (Lipinski definition) is 0. The van der Waals surface area contributed by atoms with Crippen LogP contribution in [0.3, 0.4) is 0 Å². The van der Waals surface area contributed by atoms with E-state index in [-0.39, 0.29) is 17.6 Å². The first kappa shape index (κ1) is 24.2. The molecule has 0 N–H and O–H groups in total. The molecule has 0 aromatic carbocycles. The molecule has 0 atom stereocenters. The number of rotatable bonds is 3. The van der Waals surface area contributed by atoms with E-state index in [4.69, 9.17) is 14.8 Å². The first-order valence-corrected chi connectivity index (χ1v) is 12.9. The van der Waals surface area contributed by atoms with Crippen molar-refractivity contribution in [2.24, 2.45) is 0 Å². The third kappa shape index (κ3) is 4.67. The molecule has 11 heteroatoms. The first-order valence-electron chi connectivity index (χ1n) is 12.1. The molecule has 0 bridgehead atoms. The fraction of sp³-hybridized carbons (Fsp3) is 0.480. The zero-order valence-corrected chi connectivity index (χ0v) is 22.3. The summed E-state index contributed by atoms with van der Waals surface area (Å²) in [6, 6.07) is 3.52. The summed E-state index contributed by atoms with van der Waals surface area (Å²) in [6.07, 6.45) is 3.42. The predicted molar refractivity (Wildman–Crippen MR) is 140 cm³/mol. The van der Waals surface area contributed by atoms with Crippen LogP contribution in [0, 0.1) is 6.92 Å². The van der Waals surface area contributed by atoms with Gasteiger partial charge in [0, 0.05) is 44.0 Å². The summed E-state index contributed by atoms with van der Waals surface area (Å²) in [4.78, 5) is 39.3. The first-order chi connectivity index (χ1) is 17.0. The van der Waals surface area contributed by atoms with Gasteiger partial charge in [-0.3, -0.25) is 9.20 Å². The molecule has 0 unspecified atom stereocenters. The lowest BCUT2D eigenvalue weighted by Crippen LogP contribution is -2.50. The minimum Gasteiger partial charge on any atom is -0.444 e. The number of amides is 1. The summed E-state index contributed by atoms with van der Waals surface area (Å²) < 4.78 is 8.84. The maximum absolute atomic E-state index is 13.0. The fourth-order valence-electron chi connectivity index (χ4n) is 4.27. The summed E-state index contributed by atoms with van der Waals surface area (Å²) in [5.41, 5.74) is 3.29. The molecule has 190 valence electrons. The molecular weight excluding hydrogens is 478 g/mol. The summed E-state index contributed by atoms with van der Waals surface area (Å²) in [6.45, 7) is 14.2. The van der Waals surface area contributed by atoms with Crippen LogP contribution in [0.5, 0.6) is 0 Å². The molecule has 0 saturated carbocycles. The molecule has 5 heterocycles. The largest absolute Gasteiger partial charge is 0.444 e. The number of aryl methyl sites for hydroxylation is 1. The van der Waals surface area contributed by atoms with Crippen LogP contribution in [0.25, 0.3) is 22.0 Å². The third-order valence-corrected chi connectivity index (χ3v) is 7.10. The van der Waals surface area contributed by atoms with Crippen molar-refractivity contribution < 1.29 is 9.53 Å². The maximum atomic E-state index is 13.0. The molecule has 36 heavy (non-hydrogen) atoms. The number of nitrogens with zero attached hydrogens (tertiary/aromatic N) is 7. The Kier molecular flexibility index (Phi) is 5.98. The van der Waals surface area contributed by atoms with Crippen molar-refractivity contribution >= 4 is 33.0 Å². The summed E-state index contributed by atoms with van der Waals surface area (Å²) in [7, 11) is 0. The average molecular weight is 510 g/mol. The van der Waals surface area contributed by atoms with E-state index in [0.717, 1.165) is 21.9 Å². The molecule has 4 aromatic heterocycles. The van der Waals surface area contributed by atoms with E-state index < -0.39 is 5.60 Å². The Morgan fingerprint density at radius 2 is 1.78 bits per heavy atom. The van der Waals surface area contributed by atoms with Crippen molar-refractivity contribution in [3.05, 3.63) is 46.1 Å². The van der Waals surface area contributed by atoms with Crippen LogP contribution in [0.2, 0.25) is 0 Å². The van der Waals surface area contributed by atoms with Crippen LogP contribution in [0.1, 0.15) is 51.8 Å². The molecule has 4 aromatic rings. The van der Waals surface area contributed by atoms with E-state index in [0.29, 0.717) is 42.5 Å². The van der Waals surface area contributed by atoms with Gasteiger partial charge in [0.05, 0.1) is 17.6 Å². The third-order valence-electron chi connectivity index (χ3n) is 6.06. The van der Waals surface area contributed by atoms with E-state index in [2.05, 4.69) is 23.7 Å². The summed E-state index contributed by atoms with van der Waals surface area (Å²) in [5.74, 6) is 0.244. The summed E-state index contributed by atoms with van der Waals surface area (Å²) >= 11 is 1.46. The molecule has 0 radical (unpaired) electrons. The van der Waals surface area contributed by atoms with Gasteiger partial charge in [0.2, 0.25) is 0 Å². The monoisotopic (exact) mass is 509 g/mol. The van der Waals surface area contributed by atoms with Crippen LogP contribution in [-0.2, 0) is 4.74 Å². The van der Waals surface area contributed by atoms with Gasteiger partial charge in [-0.15, -0.1) is 0 Å². The van der Waals surface area contributed by atoms with E-state index >= 15 is 0 Å². The Morgan fingerprint density at radius 1 is 1.06 bits per heavy atom. The molecule has 1 saturated heterocycles. The van der Waals surface area contributed by atoms with Crippen LogP contribution in [0.15, 0.2) is 29.3 Å². The van der Waals surface area contributed by atoms with E-state index in [1.807, 2.05) is 46.2 Å². The lowest BCUT2D eigenvalue weighted by molar-refractivity contribution is 0.0241. The summed E-state index contributed by atoms with van der Waals surface area (Å²) in [5, 5.41) is 5.63. The van der Waals surface area contributed by atoms with Gasteiger partial charge in [-0.1, -0.05) is 25.2 Å². The van der Waals surface area contributed by atoms with Gasteiger partial charge in [0.25, 0.3) is 5.56 Å². The van der Waals surface area contributed by atoms with Gasteiger partial charge in [-0.2, -0.15) is 5.10 Å². The van der Waals surface area contributed by atoms with Gasteiger partial charge in [-0.05, 0) is 39.7 Å². The number of aromatic nitrogens is 5. The minimum atomic E-state index is -0.518. The van der Waals surface area contributed by atoms with Crippen molar-refractivity contribution in [1.82, 2.24) is 28.9 Å². The molecule has 0 aliphatic carbocycles. The number of carbonyl (C=O) groups is 1. The predicted octanol–water partition coefficient (Wildman–Crippen LogP) is 3.95. The lowest BCUT2D eigenvalue weighted by Gasteiger charge is -2.35. The quantitative estimate of drug-likeness (QED) is 0.412. The molecule has 1 aliphatic rings. The van der Waals surface area contributed by atoms with Crippen molar-refractivity contribution in [3.8, 4) is 11.4 Å². The van der Waals surface area contributed by atoms with Gasteiger partial charge in [0.1, 0.15) is 16.3 Å². The lowest BCUT2D eigenvalue weighted by atomic mass is 10.0. The van der Waals surface area contributed by atoms with E-state index in [1.165, 1.54) is 17.4 Å². The smallest absolute Gasteiger partial charge is 0.410 e. The number of imidazole rings is 1. The number of hydrogen-bond acceptors (Lipinski definition) is 8.